The van der Waals surface area contributed by atoms with E-state index in [0.717, 1.165) is 13.2 Å². The summed E-state index contributed by atoms with van der Waals surface area (Å²) in [4.78, 5) is 4.32. The Morgan fingerprint density at radius 1 is 1.62 bits per heavy atom. The van der Waals surface area contributed by atoms with Crippen molar-refractivity contribution in [2.45, 2.75) is 25.5 Å². The van der Waals surface area contributed by atoms with E-state index in [4.69, 9.17) is 14.0 Å². The Hall–Kier alpha value is -0.980. The molecule has 1 aromatic heterocycles. The largest absolute Gasteiger partial charge is 0.381 e. The van der Waals surface area contributed by atoms with Gasteiger partial charge in [0.25, 0.3) is 0 Å². The van der Waals surface area contributed by atoms with Crippen LogP contribution in [0.2, 0.25) is 0 Å². The molecular weight excluding hydrogens is 210 g/mol. The van der Waals surface area contributed by atoms with E-state index in [1.54, 1.807) is 7.11 Å². The van der Waals surface area contributed by atoms with Gasteiger partial charge < -0.3 is 19.3 Å². The highest BCUT2D eigenvalue weighted by Crippen LogP contribution is 2.14. The summed E-state index contributed by atoms with van der Waals surface area (Å²) in [6.45, 7) is 4.11. The van der Waals surface area contributed by atoms with Gasteiger partial charge in [-0.05, 0) is 6.92 Å². The molecule has 1 aliphatic heterocycles. The number of aromatic nitrogens is 2. The van der Waals surface area contributed by atoms with E-state index in [0.29, 0.717) is 24.7 Å². The average Bonchev–Trinajstić information content (AvgIpc) is 2.78. The number of hydrogen-bond acceptors (Lipinski definition) is 6. The number of ether oxygens (including phenoxy) is 2. The molecule has 6 nitrogen and oxygen atoms in total. The molecule has 6 heteroatoms. The van der Waals surface area contributed by atoms with E-state index in [-0.39, 0.29) is 12.1 Å². The Morgan fingerprint density at radius 2 is 2.50 bits per heavy atom. The van der Waals surface area contributed by atoms with Crippen molar-refractivity contribution in [3.05, 3.63) is 11.7 Å². The fourth-order valence-corrected chi connectivity index (χ4v) is 1.56. The lowest BCUT2D eigenvalue weighted by atomic mass is 10.2. The minimum absolute atomic E-state index is 0.0212. The van der Waals surface area contributed by atoms with Crippen LogP contribution < -0.4 is 5.32 Å². The van der Waals surface area contributed by atoms with Crippen LogP contribution in [0.4, 0.5) is 0 Å². The molecule has 0 bridgehead atoms. The highest BCUT2D eigenvalue weighted by molar-refractivity contribution is 4.95. The van der Waals surface area contributed by atoms with Crippen LogP contribution in [0.1, 0.15) is 24.7 Å². The third-order valence-electron chi connectivity index (χ3n) is 2.58. The molecule has 0 spiro atoms. The summed E-state index contributed by atoms with van der Waals surface area (Å²) < 4.78 is 15.7. The summed E-state index contributed by atoms with van der Waals surface area (Å²) in [6.07, 6.45) is 0.758. The lowest BCUT2D eigenvalue weighted by molar-refractivity contribution is 0.0659. The standard InChI is InChI=1S/C10H17N3O3/c1-7(14-2)5-9-12-10(16-13-9)8-6-15-4-3-11-8/h7-8,11H,3-6H2,1-2H3. The Bertz CT molecular complexity index is 323. The van der Waals surface area contributed by atoms with Crippen molar-refractivity contribution in [3.8, 4) is 0 Å². The third kappa shape index (κ3) is 2.78. The summed E-state index contributed by atoms with van der Waals surface area (Å²) >= 11 is 0. The minimum Gasteiger partial charge on any atom is -0.381 e. The maximum absolute atomic E-state index is 5.33. The summed E-state index contributed by atoms with van der Waals surface area (Å²) in [5, 5.41) is 7.18. The molecule has 1 N–H and O–H groups in total. The Labute approximate surface area is 94.3 Å². The molecule has 2 unspecified atom stereocenters. The second kappa shape index (κ2) is 5.38. The van der Waals surface area contributed by atoms with Gasteiger partial charge in [0.1, 0.15) is 6.04 Å². The van der Waals surface area contributed by atoms with Gasteiger partial charge in [-0.2, -0.15) is 4.98 Å². The van der Waals surface area contributed by atoms with Crippen molar-refractivity contribution in [3.63, 3.8) is 0 Å². The Morgan fingerprint density at radius 3 is 3.19 bits per heavy atom. The van der Waals surface area contributed by atoms with Crippen LogP contribution >= 0.6 is 0 Å². The first-order chi connectivity index (χ1) is 7.79. The van der Waals surface area contributed by atoms with Crippen molar-refractivity contribution >= 4 is 0 Å². The van der Waals surface area contributed by atoms with Gasteiger partial charge in [0.2, 0.25) is 5.89 Å². The van der Waals surface area contributed by atoms with Gasteiger partial charge in [-0.3, -0.25) is 0 Å². The van der Waals surface area contributed by atoms with Crippen molar-refractivity contribution in [1.29, 1.82) is 0 Å². The Balaban J connectivity index is 1.95. The molecule has 16 heavy (non-hydrogen) atoms. The van der Waals surface area contributed by atoms with Crippen molar-refractivity contribution in [2.75, 3.05) is 26.9 Å². The predicted octanol–water partition coefficient (Wildman–Crippen LogP) is 0.308. The number of nitrogens with one attached hydrogen (secondary N) is 1. The molecule has 1 aliphatic rings. The topological polar surface area (TPSA) is 69.4 Å². The highest BCUT2D eigenvalue weighted by atomic mass is 16.5. The van der Waals surface area contributed by atoms with Crippen LogP contribution in [0.25, 0.3) is 0 Å². The lowest BCUT2D eigenvalue weighted by Gasteiger charge is -2.20. The van der Waals surface area contributed by atoms with Crippen LogP contribution in [0.3, 0.4) is 0 Å². The number of rotatable bonds is 4. The van der Waals surface area contributed by atoms with E-state index in [9.17, 15) is 0 Å². The van der Waals surface area contributed by atoms with Gasteiger partial charge in [-0.25, -0.2) is 0 Å². The molecule has 2 atom stereocenters. The molecule has 2 rings (SSSR count). The summed E-state index contributed by atoms with van der Waals surface area (Å²) in [7, 11) is 1.67. The molecule has 1 aromatic rings. The first kappa shape index (κ1) is 11.5. The van der Waals surface area contributed by atoms with Gasteiger partial charge in [-0.15, -0.1) is 0 Å². The molecular formula is C10H17N3O3. The maximum Gasteiger partial charge on any atom is 0.246 e. The van der Waals surface area contributed by atoms with Crippen LogP contribution in [-0.2, 0) is 15.9 Å². The van der Waals surface area contributed by atoms with E-state index in [2.05, 4.69) is 15.5 Å². The number of nitrogens with zero attached hydrogens (tertiary/aromatic N) is 2. The SMILES string of the molecule is COC(C)Cc1noc(C2COCCN2)n1. The molecule has 1 saturated heterocycles. The first-order valence-electron chi connectivity index (χ1n) is 5.46. The zero-order valence-electron chi connectivity index (χ0n) is 9.60. The molecule has 0 saturated carbocycles. The number of morpholine rings is 1. The van der Waals surface area contributed by atoms with Gasteiger partial charge in [0.15, 0.2) is 5.82 Å². The van der Waals surface area contributed by atoms with E-state index < -0.39 is 0 Å². The molecule has 2 heterocycles. The van der Waals surface area contributed by atoms with Crippen molar-refractivity contribution in [2.24, 2.45) is 0 Å². The smallest absolute Gasteiger partial charge is 0.246 e. The zero-order chi connectivity index (χ0) is 11.4. The van der Waals surface area contributed by atoms with Gasteiger partial charge in [0.05, 0.1) is 19.3 Å². The molecule has 0 aromatic carbocycles. The van der Waals surface area contributed by atoms with Crippen LogP contribution in [0.15, 0.2) is 4.52 Å². The normalized spacial score (nSPS) is 23.2. The summed E-state index contributed by atoms with van der Waals surface area (Å²) in [6, 6.07) is 0.0212. The number of methoxy groups -OCH3 is 1. The van der Waals surface area contributed by atoms with Crippen LogP contribution in [0, 0.1) is 0 Å². The zero-order valence-corrected chi connectivity index (χ0v) is 9.60. The minimum atomic E-state index is 0.0212. The summed E-state index contributed by atoms with van der Waals surface area (Å²) in [5.41, 5.74) is 0. The third-order valence-corrected chi connectivity index (χ3v) is 2.58. The Kier molecular flexibility index (Phi) is 3.87. The number of hydrogen-bond donors (Lipinski definition) is 1. The first-order valence-corrected chi connectivity index (χ1v) is 5.46. The fourth-order valence-electron chi connectivity index (χ4n) is 1.56. The van der Waals surface area contributed by atoms with E-state index in [1.807, 2.05) is 6.92 Å². The average molecular weight is 227 g/mol. The highest BCUT2D eigenvalue weighted by Gasteiger charge is 2.21. The maximum atomic E-state index is 5.33. The van der Waals surface area contributed by atoms with Crippen LogP contribution in [0.5, 0.6) is 0 Å². The second-order valence-corrected chi connectivity index (χ2v) is 3.88. The fraction of sp³-hybridized carbons (Fsp3) is 0.800. The quantitative estimate of drug-likeness (QED) is 0.798. The van der Waals surface area contributed by atoms with E-state index >= 15 is 0 Å². The predicted molar refractivity (Wildman–Crippen MR) is 56.0 cm³/mol. The lowest BCUT2D eigenvalue weighted by Crippen LogP contribution is -2.34. The van der Waals surface area contributed by atoms with E-state index in [1.165, 1.54) is 0 Å². The molecule has 1 fully saturated rings. The van der Waals surface area contributed by atoms with Crippen molar-refractivity contribution < 1.29 is 14.0 Å². The monoisotopic (exact) mass is 227 g/mol. The molecule has 0 aliphatic carbocycles. The van der Waals surface area contributed by atoms with Gasteiger partial charge in [0, 0.05) is 20.1 Å². The molecule has 0 radical (unpaired) electrons. The molecule has 90 valence electrons. The summed E-state index contributed by atoms with van der Waals surface area (Å²) in [5.74, 6) is 1.27. The second-order valence-electron chi connectivity index (χ2n) is 3.88. The molecule has 0 amide bonds. The van der Waals surface area contributed by atoms with Gasteiger partial charge >= 0.3 is 0 Å². The van der Waals surface area contributed by atoms with Gasteiger partial charge in [-0.1, -0.05) is 5.16 Å². The van der Waals surface area contributed by atoms with Crippen LogP contribution in [-0.4, -0.2) is 43.1 Å². The van der Waals surface area contributed by atoms with Crippen molar-refractivity contribution in [1.82, 2.24) is 15.5 Å².